The van der Waals surface area contributed by atoms with Gasteiger partial charge in [0.25, 0.3) is 0 Å². The molecule has 1 atom stereocenters. The molecule has 0 aliphatic carbocycles. The zero-order chi connectivity index (χ0) is 11.7. The maximum Gasteiger partial charge on any atom is 0.0726 e. The molecule has 2 N–H and O–H groups in total. The normalized spacial score (nSPS) is 12.8. The van der Waals surface area contributed by atoms with Crippen LogP contribution in [0.4, 0.5) is 0 Å². The number of hydrogen-bond donors (Lipinski definition) is 1. The van der Waals surface area contributed by atoms with E-state index >= 15 is 0 Å². The number of aromatic nitrogens is 2. The summed E-state index contributed by atoms with van der Waals surface area (Å²) in [6.45, 7) is 1.97. The molecule has 1 aromatic carbocycles. The molecule has 0 aliphatic heterocycles. The van der Waals surface area contributed by atoms with Crippen LogP contribution < -0.4 is 5.73 Å². The lowest BCUT2D eigenvalue weighted by Gasteiger charge is -2.09. The second-order valence-corrected chi connectivity index (χ2v) is 4.78. The average molecular weight is 280 g/mol. The van der Waals surface area contributed by atoms with E-state index in [9.17, 15) is 0 Å². The van der Waals surface area contributed by atoms with Crippen molar-refractivity contribution in [2.75, 3.05) is 0 Å². The second-order valence-electron chi connectivity index (χ2n) is 3.87. The van der Waals surface area contributed by atoms with E-state index in [1.54, 1.807) is 0 Å². The predicted molar refractivity (Wildman–Crippen MR) is 68.9 cm³/mol. The largest absolute Gasteiger partial charge is 0.324 e. The highest BCUT2D eigenvalue weighted by molar-refractivity contribution is 9.10. The summed E-state index contributed by atoms with van der Waals surface area (Å²) >= 11 is 3.43. The van der Waals surface area contributed by atoms with E-state index in [2.05, 4.69) is 33.2 Å². The average Bonchev–Trinajstić information content (AvgIpc) is 2.62. The van der Waals surface area contributed by atoms with Crippen molar-refractivity contribution >= 4 is 15.9 Å². The lowest BCUT2D eigenvalue weighted by molar-refractivity contribution is 0.772. The van der Waals surface area contributed by atoms with Gasteiger partial charge >= 0.3 is 0 Å². The topological polar surface area (TPSA) is 43.8 Å². The van der Waals surface area contributed by atoms with Crippen LogP contribution in [0.2, 0.25) is 0 Å². The molecule has 0 amide bonds. The minimum absolute atomic E-state index is 0.00709. The summed E-state index contributed by atoms with van der Waals surface area (Å²) in [6.07, 6.45) is 1.84. The first-order valence-electron chi connectivity index (χ1n) is 5.13. The van der Waals surface area contributed by atoms with Crippen molar-refractivity contribution in [3.63, 3.8) is 0 Å². The van der Waals surface area contributed by atoms with Gasteiger partial charge in [-0.25, -0.2) is 0 Å². The molecule has 0 aliphatic rings. The Labute approximate surface area is 103 Å². The van der Waals surface area contributed by atoms with Crippen LogP contribution in [0.1, 0.15) is 18.5 Å². The smallest absolute Gasteiger partial charge is 0.0726 e. The highest BCUT2D eigenvalue weighted by Crippen LogP contribution is 2.27. The van der Waals surface area contributed by atoms with Crippen LogP contribution in [0.5, 0.6) is 0 Å². The molecule has 3 nitrogen and oxygen atoms in total. The maximum absolute atomic E-state index is 5.93. The first-order chi connectivity index (χ1) is 7.59. The number of nitrogens with zero attached hydrogens (tertiary/aromatic N) is 2. The fourth-order valence-corrected chi connectivity index (χ4v) is 2.01. The fourth-order valence-electron chi connectivity index (χ4n) is 1.75. The van der Waals surface area contributed by atoms with Crippen LogP contribution in [-0.2, 0) is 7.05 Å². The van der Waals surface area contributed by atoms with Crippen molar-refractivity contribution in [3.05, 3.63) is 40.5 Å². The number of rotatable bonds is 2. The first-order valence-corrected chi connectivity index (χ1v) is 5.92. The fraction of sp³-hybridized carbons (Fsp3) is 0.250. The molecule has 4 heteroatoms. The highest BCUT2D eigenvalue weighted by atomic mass is 79.9. The van der Waals surface area contributed by atoms with Crippen molar-refractivity contribution < 1.29 is 0 Å². The number of nitrogens with two attached hydrogens (primary N) is 1. The van der Waals surface area contributed by atoms with E-state index in [1.165, 1.54) is 0 Å². The van der Waals surface area contributed by atoms with Crippen LogP contribution in [0.25, 0.3) is 11.3 Å². The number of benzene rings is 1. The van der Waals surface area contributed by atoms with Gasteiger partial charge in [-0.1, -0.05) is 28.1 Å². The lowest BCUT2D eigenvalue weighted by atomic mass is 10.0. The summed E-state index contributed by atoms with van der Waals surface area (Å²) in [4.78, 5) is 0. The molecule has 0 saturated heterocycles. The van der Waals surface area contributed by atoms with E-state index in [0.717, 1.165) is 21.3 Å². The Morgan fingerprint density at radius 3 is 2.50 bits per heavy atom. The zero-order valence-corrected chi connectivity index (χ0v) is 10.9. The summed E-state index contributed by atoms with van der Waals surface area (Å²) in [7, 11) is 1.93. The number of aryl methyl sites for hydroxylation is 1. The van der Waals surface area contributed by atoms with Crippen LogP contribution in [0.3, 0.4) is 0 Å². The van der Waals surface area contributed by atoms with Gasteiger partial charge < -0.3 is 5.73 Å². The van der Waals surface area contributed by atoms with Gasteiger partial charge in [-0.15, -0.1) is 0 Å². The van der Waals surface area contributed by atoms with E-state index < -0.39 is 0 Å². The van der Waals surface area contributed by atoms with Crippen molar-refractivity contribution in [2.45, 2.75) is 13.0 Å². The maximum atomic E-state index is 5.93. The SMILES string of the molecule is CC(N)c1cnn(C)c1-c1ccc(Br)cc1. The van der Waals surface area contributed by atoms with Crippen molar-refractivity contribution in [2.24, 2.45) is 12.8 Å². The Kier molecular flexibility index (Phi) is 3.12. The summed E-state index contributed by atoms with van der Waals surface area (Å²) < 4.78 is 2.93. The minimum Gasteiger partial charge on any atom is -0.324 e. The Morgan fingerprint density at radius 1 is 1.31 bits per heavy atom. The molecule has 1 unspecified atom stereocenters. The molecule has 0 spiro atoms. The van der Waals surface area contributed by atoms with Crippen LogP contribution >= 0.6 is 15.9 Å². The molecule has 0 fully saturated rings. The Hall–Kier alpha value is -1.13. The quantitative estimate of drug-likeness (QED) is 0.919. The first kappa shape index (κ1) is 11.4. The van der Waals surface area contributed by atoms with Gasteiger partial charge in [0.2, 0.25) is 0 Å². The van der Waals surface area contributed by atoms with Crippen LogP contribution in [0.15, 0.2) is 34.9 Å². The number of hydrogen-bond acceptors (Lipinski definition) is 2. The summed E-state index contributed by atoms with van der Waals surface area (Å²) in [5.41, 5.74) is 9.23. The molecule has 2 aromatic rings. The van der Waals surface area contributed by atoms with E-state index in [4.69, 9.17) is 5.73 Å². The van der Waals surface area contributed by atoms with Gasteiger partial charge in [0, 0.05) is 28.7 Å². The Morgan fingerprint density at radius 2 is 1.94 bits per heavy atom. The highest BCUT2D eigenvalue weighted by Gasteiger charge is 2.13. The second kappa shape index (κ2) is 4.39. The van der Waals surface area contributed by atoms with Gasteiger partial charge in [0.05, 0.1) is 11.9 Å². The summed E-state index contributed by atoms with van der Waals surface area (Å²) in [6, 6.07) is 8.16. The molecule has 84 valence electrons. The van der Waals surface area contributed by atoms with Gasteiger partial charge in [-0.3, -0.25) is 4.68 Å². The van der Waals surface area contributed by atoms with E-state index in [-0.39, 0.29) is 6.04 Å². The molecule has 0 bridgehead atoms. The third-order valence-electron chi connectivity index (χ3n) is 2.58. The Bertz CT molecular complexity index is 485. The van der Waals surface area contributed by atoms with Gasteiger partial charge in [0.15, 0.2) is 0 Å². The van der Waals surface area contributed by atoms with Gasteiger partial charge in [-0.2, -0.15) is 5.10 Å². The van der Waals surface area contributed by atoms with Crippen LogP contribution in [-0.4, -0.2) is 9.78 Å². The van der Waals surface area contributed by atoms with E-state index in [0.29, 0.717) is 0 Å². The lowest BCUT2D eigenvalue weighted by Crippen LogP contribution is -2.06. The van der Waals surface area contributed by atoms with E-state index in [1.807, 2.05) is 37.0 Å². The molecule has 0 saturated carbocycles. The molecule has 0 radical (unpaired) electrons. The monoisotopic (exact) mass is 279 g/mol. The summed E-state index contributed by atoms with van der Waals surface area (Å²) in [5, 5.41) is 4.26. The standard InChI is InChI=1S/C12H14BrN3/c1-8(14)11-7-15-16(2)12(11)9-3-5-10(13)6-4-9/h3-8H,14H2,1-2H3. The third-order valence-corrected chi connectivity index (χ3v) is 3.10. The molecule has 2 rings (SSSR count). The zero-order valence-electron chi connectivity index (χ0n) is 9.31. The van der Waals surface area contributed by atoms with Gasteiger partial charge in [-0.05, 0) is 19.1 Å². The molecular formula is C12H14BrN3. The molecule has 1 heterocycles. The minimum atomic E-state index is -0.00709. The number of halogens is 1. The van der Waals surface area contributed by atoms with Crippen molar-refractivity contribution in [1.82, 2.24) is 9.78 Å². The molecule has 16 heavy (non-hydrogen) atoms. The van der Waals surface area contributed by atoms with Crippen LogP contribution in [0, 0.1) is 0 Å². The van der Waals surface area contributed by atoms with Crippen molar-refractivity contribution in [3.8, 4) is 11.3 Å². The Balaban J connectivity index is 2.54. The van der Waals surface area contributed by atoms with Gasteiger partial charge in [0.1, 0.15) is 0 Å². The molecule has 1 aromatic heterocycles. The third kappa shape index (κ3) is 2.03. The summed E-state index contributed by atoms with van der Waals surface area (Å²) in [5.74, 6) is 0. The van der Waals surface area contributed by atoms with Crippen molar-refractivity contribution in [1.29, 1.82) is 0 Å². The predicted octanol–water partition coefficient (Wildman–Crippen LogP) is 2.87. The molecular weight excluding hydrogens is 266 g/mol.